The molecule has 4 rings (SSSR count). The van der Waals surface area contributed by atoms with Crippen molar-refractivity contribution in [2.24, 2.45) is 0 Å². The molecule has 0 unspecified atom stereocenters. The SMILES string of the molecule is Bc1cnc2c(n1)c(CC)c(-c1ccc(C3(C)OCCO3)cc1)n2COCC[Si](C)(C)C. The Morgan fingerprint density at radius 3 is 2.47 bits per heavy atom. The van der Waals surface area contributed by atoms with Gasteiger partial charge in [-0.05, 0) is 25.0 Å². The highest BCUT2D eigenvalue weighted by Gasteiger charge is 2.33. The summed E-state index contributed by atoms with van der Waals surface area (Å²) in [7, 11) is 0.842. The topological polar surface area (TPSA) is 58.4 Å². The first kappa shape index (κ1) is 23.2. The second-order valence-corrected chi connectivity index (χ2v) is 15.5. The maximum atomic E-state index is 6.17. The first-order chi connectivity index (χ1) is 15.2. The maximum Gasteiger partial charge on any atom is 0.192 e. The third-order valence-corrected chi connectivity index (χ3v) is 7.77. The van der Waals surface area contributed by atoms with E-state index in [9.17, 15) is 0 Å². The lowest BCUT2D eigenvalue weighted by Gasteiger charge is -2.23. The van der Waals surface area contributed by atoms with Crippen LogP contribution in [0.1, 0.15) is 25.0 Å². The predicted octanol–water partition coefficient (Wildman–Crippen LogP) is 3.45. The van der Waals surface area contributed by atoms with E-state index < -0.39 is 13.9 Å². The average molecular weight is 451 g/mol. The Balaban J connectivity index is 1.73. The summed E-state index contributed by atoms with van der Waals surface area (Å²) in [5, 5.41) is 0. The Hall–Kier alpha value is -2.00. The van der Waals surface area contributed by atoms with Crippen LogP contribution in [0.4, 0.5) is 0 Å². The lowest BCUT2D eigenvalue weighted by molar-refractivity contribution is -0.149. The molecule has 1 aromatic carbocycles. The van der Waals surface area contributed by atoms with Crippen molar-refractivity contribution < 1.29 is 14.2 Å². The van der Waals surface area contributed by atoms with E-state index in [1.807, 2.05) is 21.0 Å². The fraction of sp³-hybridized carbons (Fsp3) is 0.500. The van der Waals surface area contributed by atoms with Crippen LogP contribution in [0.15, 0.2) is 30.5 Å². The van der Waals surface area contributed by atoms with Crippen LogP contribution in [-0.2, 0) is 33.1 Å². The molecule has 0 radical (unpaired) electrons. The Kier molecular flexibility index (Phi) is 6.59. The van der Waals surface area contributed by atoms with Gasteiger partial charge in [-0.3, -0.25) is 9.55 Å². The van der Waals surface area contributed by atoms with Crippen molar-refractivity contribution in [2.75, 3.05) is 19.8 Å². The molecule has 3 heterocycles. The zero-order valence-corrected chi connectivity index (χ0v) is 21.2. The highest BCUT2D eigenvalue weighted by Crippen LogP contribution is 2.35. The molecule has 0 atom stereocenters. The van der Waals surface area contributed by atoms with Crippen molar-refractivity contribution in [1.82, 2.24) is 14.5 Å². The summed E-state index contributed by atoms with van der Waals surface area (Å²) in [6.45, 7) is 13.8. The number of aromatic nitrogens is 3. The first-order valence-corrected chi connectivity index (χ1v) is 15.2. The summed E-state index contributed by atoms with van der Waals surface area (Å²) in [5.41, 5.74) is 7.26. The first-order valence-electron chi connectivity index (χ1n) is 11.5. The minimum atomic E-state index is -1.15. The fourth-order valence-corrected chi connectivity index (χ4v) is 4.95. The molecule has 1 saturated heterocycles. The number of aryl methyl sites for hydroxylation is 1. The molecule has 32 heavy (non-hydrogen) atoms. The molecule has 8 heteroatoms. The van der Waals surface area contributed by atoms with Crippen molar-refractivity contribution in [2.45, 2.75) is 58.5 Å². The van der Waals surface area contributed by atoms with Gasteiger partial charge in [0.2, 0.25) is 0 Å². The van der Waals surface area contributed by atoms with Crippen LogP contribution in [0.2, 0.25) is 25.7 Å². The smallest absolute Gasteiger partial charge is 0.192 e. The standard InChI is InChI=1S/C24H34BN3O3Si/c1-6-19-21-23(26-15-20(25)27-21)28(16-29-13-14-32(3,4)5)22(19)17-7-9-18(10-8-17)24(2)30-11-12-31-24/h7-10,15H,6,11-14,16,25H2,1-5H3. The Morgan fingerprint density at radius 2 is 1.84 bits per heavy atom. The van der Waals surface area contributed by atoms with Crippen LogP contribution in [0.3, 0.4) is 0 Å². The molecule has 0 saturated carbocycles. The number of nitrogens with zero attached hydrogens (tertiary/aromatic N) is 3. The second-order valence-electron chi connectivity index (χ2n) is 9.86. The van der Waals surface area contributed by atoms with Crippen LogP contribution in [0, 0.1) is 0 Å². The third kappa shape index (κ3) is 4.69. The van der Waals surface area contributed by atoms with Gasteiger partial charge in [-0.1, -0.05) is 50.8 Å². The summed E-state index contributed by atoms with van der Waals surface area (Å²) in [5.74, 6) is -0.668. The van der Waals surface area contributed by atoms with Gasteiger partial charge in [0, 0.05) is 37.6 Å². The summed E-state index contributed by atoms with van der Waals surface area (Å²) in [6, 6.07) is 9.62. The molecule has 6 nitrogen and oxygen atoms in total. The molecular weight excluding hydrogens is 417 g/mol. The van der Waals surface area contributed by atoms with E-state index in [0.717, 1.165) is 52.6 Å². The van der Waals surface area contributed by atoms with Gasteiger partial charge in [0.15, 0.2) is 19.3 Å². The molecule has 170 valence electrons. The molecule has 2 aromatic heterocycles. The Labute approximate surface area is 192 Å². The van der Waals surface area contributed by atoms with Gasteiger partial charge in [-0.15, -0.1) is 0 Å². The normalized spacial score (nSPS) is 16.2. The third-order valence-electron chi connectivity index (χ3n) is 6.06. The van der Waals surface area contributed by atoms with Gasteiger partial charge in [-0.25, -0.2) is 4.98 Å². The molecule has 1 aliphatic rings. The summed E-state index contributed by atoms with van der Waals surface area (Å²) < 4.78 is 20.0. The molecule has 3 aromatic rings. The average Bonchev–Trinajstić information content (AvgIpc) is 3.32. The minimum Gasteiger partial charge on any atom is -0.361 e. The van der Waals surface area contributed by atoms with Crippen LogP contribution in [0.25, 0.3) is 22.4 Å². The van der Waals surface area contributed by atoms with Crippen molar-refractivity contribution >= 4 is 32.7 Å². The van der Waals surface area contributed by atoms with Gasteiger partial charge >= 0.3 is 0 Å². The predicted molar refractivity (Wildman–Crippen MR) is 134 cm³/mol. The van der Waals surface area contributed by atoms with Gasteiger partial charge in [-0.2, -0.15) is 0 Å². The number of ether oxygens (including phenoxy) is 3. The quantitative estimate of drug-likeness (QED) is 0.388. The number of benzene rings is 1. The van der Waals surface area contributed by atoms with Crippen LogP contribution in [0.5, 0.6) is 0 Å². The van der Waals surface area contributed by atoms with E-state index in [-0.39, 0.29) is 0 Å². The number of hydrogen-bond acceptors (Lipinski definition) is 5. The van der Waals surface area contributed by atoms with E-state index in [2.05, 4.69) is 55.4 Å². The zero-order valence-electron chi connectivity index (χ0n) is 20.2. The highest BCUT2D eigenvalue weighted by molar-refractivity contribution is 6.76. The molecule has 0 aliphatic carbocycles. The molecule has 1 aliphatic heterocycles. The summed E-state index contributed by atoms with van der Waals surface area (Å²) >= 11 is 0. The van der Waals surface area contributed by atoms with Gasteiger partial charge in [0.05, 0.1) is 18.9 Å². The lowest BCUT2D eigenvalue weighted by Crippen LogP contribution is -2.22. The fourth-order valence-electron chi connectivity index (χ4n) is 4.19. The highest BCUT2D eigenvalue weighted by atomic mass is 28.3. The molecular formula is C24H34BN3O3Si. The largest absolute Gasteiger partial charge is 0.361 e. The minimum absolute atomic E-state index is 0.472. The summed E-state index contributed by atoms with van der Waals surface area (Å²) in [4.78, 5) is 9.58. The molecule has 0 spiro atoms. The monoisotopic (exact) mass is 451 g/mol. The maximum absolute atomic E-state index is 6.17. The second kappa shape index (κ2) is 9.10. The molecule has 0 amide bonds. The number of hydrogen-bond donors (Lipinski definition) is 0. The van der Waals surface area contributed by atoms with Gasteiger partial charge in [0.1, 0.15) is 12.2 Å². The van der Waals surface area contributed by atoms with E-state index in [0.29, 0.717) is 19.9 Å². The van der Waals surface area contributed by atoms with Crippen LogP contribution in [-0.4, -0.2) is 50.3 Å². The molecule has 0 bridgehead atoms. The molecule has 1 fully saturated rings. The van der Waals surface area contributed by atoms with E-state index in [1.165, 1.54) is 5.56 Å². The number of rotatable bonds is 8. The zero-order chi connectivity index (χ0) is 22.9. The van der Waals surface area contributed by atoms with Crippen molar-refractivity contribution in [3.8, 4) is 11.3 Å². The summed E-state index contributed by atoms with van der Waals surface area (Å²) in [6.07, 6.45) is 2.71. The van der Waals surface area contributed by atoms with E-state index in [4.69, 9.17) is 24.2 Å². The van der Waals surface area contributed by atoms with Crippen molar-refractivity contribution in [3.63, 3.8) is 0 Å². The van der Waals surface area contributed by atoms with Crippen molar-refractivity contribution in [1.29, 1.82) is 0 Å². The Morgan fingerprint density at radius 1 is 1.16 bits per heavy atom. The number of fused-ring (bicyclic) bond motifs is 1. The lowest BCUT2D eigenvalue weighted by atomic mass is 10.0. The van der Waals surface area contributed by atoms with Crippen molar-refractivity contribution in [3.05, 3.63) is 41.6 Å². The molecule has 0 N–H and O–H groups in total. The Bertz CT molecular complexity index is 1090. The van der Waals surface area contributed by atoms with Gasteiger partial charge < -0.3 is 14.2 Å². The van der Waals surface area contributed by atoms with Crippen LogP contribution < -0.4 is 5.59 Å². The van der Waals surface area contributed by atoms with E-state index in [1.54, 1.807) is 0 Å². The van der Waals surface area contributed by atoms with Crippen LogP contribution >= 0.6 is 0 Å². The van der Waals surface area contributed by atoms with E-state index >= 15 is 0 Å². The van der Waals surface area contributed by atoms with Gasteiger partial charge in [0.25, 0.3) is 0 Å².